The van der Waals surface area contributed by atoms with Gasteiger partial charge in [-0.2, -0.15) is 0 Å². The van der Waals surface area contributed by atoms with E-state index in [2.05, 4.69) is 10.6 Å². The lowest BCUT2D eigenvalue weighted by atomic mass is 9.95. The lowest BCUT2D eigenvalue weighted by molar-refractivity contribution is -0.353. The third-order valence-electron chi connectivity index (χ3n) is 6.44. The maximum atomic E-state index is 12.0. The van der Waals surface area contributed by atoms with E-state index in [1.165, 1.54) is 0 Å². The average Bonchev–Trinajstić information content (AvgIpc) is 2.92. The molecule has 2 aliphatic heterocycles. The van der Waals surface area contributed by atoms with E-state index in [0.29, 0.717) is 0 Å². The van der Waals surface area contributed by atoms with E-state index in [4.69, 9.17) is 18.9 Å². The Morgan fingerprint density at radius 3 is 1.98 bits per heavy atom. The molecular weight excluding hydrogens is 548 g/mol. The molecule has 2 rings (SSSR count). The van der Waals surface area contributed by atoms with E-state index in [-0.39, 0.29) is 6.29 Å². The van der Waals surface area contributed by atoms with Crippen molar-refractivity contribution < 1.29 is 79.3 Å². The van der Waals surface area contributed by atoms with Gasteiger partial charge in [-0.1, -0.05) is 0 Å². The van der Waals surface area contributed by atoms with E-state index in [1.54, 1.807) is 0 Å². The molecule has 40 heavy (non-hydrogen) atoms. The van der Waals surface area contributed by atoms with Crippen LogP contribution in [0.3, 0.4) is 0 Å². The zero-order valence-electron chi connectivity index (χ0n) is 21.7. The first-order chi connectivity index (χ1) is 18.8. The Morgan fingerprint density at radius 2 is 1.48 bits per heavy atom. The average molecular weight is 587 g/mol. The Bertz CT molecular complexity index is 835. The van der Waals surface area contributed by atoms with Crippen LogP contribution in [0.4, 0.5) is 0 Å². The van der Waals surface area contributed by atoms with Gasteiger partial charge in [-0.3, -0.25) is 9.59 Å². The first kappa shape index (κ1) is 34.3. The van der Waals surface area contributed by atoms with E-state index in [9.17, 15) is 60.3 Å². The summed E-state index contributed by atoms with van der Waals surface area (Å²) in [5.41, 5.74) is 0. The molecule has 11 N–H and O–H groups in total. The molecule has 2 heterocycles. The highest BCUT2D eigenvalue weighted by Gasteiger charge is 2.52. The van der Waals surface area contributed by atoms with Gasteiger partial charge in [-0.15, -0.1) is 0 Å². The van der Waals surface area contributed by atoms with E-state index < -0.39 is 117 Å². The lowest BCUT2D eigenvalue weighted by Crippen LogP contribution is -2.68. The number of aliphatic hydroxyl groups excluding tert-OH is 9. The molecule has 1 unspecified atom stereocenters. The second-order valence-corrected chi connectivity index (χ2v) is 9.44. The zero-order valence-corrected chi connectivity index (χ0v) is 21.7. The van der Waals surface area contributed by atoms with E-state index in [1.807, 2.05) is 0 Å². The Kier molecular flexibility index (Phi) is 13.2. The second kappa shape index (κ2) is 15.4. The zero-order chi connectivity index (χ0) is 30.3. The Labute approximate surface area is 228 Å². The van der Waals surface area contributed by atoms with Crippen LogP contribution in [-0.4, -0.2) is 170 Å². The molecule has 18 heteroatoms. The first-order valence-corrected chi connectivity index (χ1v) is 12.3. The quantitative estimate of drug-likeness (QED) is 0.0893. The molecule has 2 fully saturated rings. The minimum Gasteiger partial charge on any atom is -0.394 e. The van der Waals surface area contributed by atoms with Crippen molar-refractivity contribution in [2.75, 3.05) is 19.8 Å². The summed E-state index contributed by atoms with van der Waals surface area (Å²) in [6.45, 7) is -0.543. The van der Waals surface area contributed by atoms with Crippen molar-refractivity contribution in [1.29, 1.82) is 0 Å². The van der Waals surface area contributed by atoms with Gasteiger partial charge < -0.3 is 80.3 Å². The minimum atomic E-state index is -2.01. The molecule has 0 bridgehead atoms. The number of rotatable bonds is 13. The Morgan fingerprint density at radius 1 is 0.875 bits per heavy atom. The molecule has 0 aliphatic carbocycles. The number of hydrogen-bond acceptors (Lipinski definition) is 16. The second-order valence-electron chi connectivity index (χ2n) is 9.44. The number of ether oxygens (including phenoxy) is 4. The van der Waals surface area contributed by atoms with Crippen molar-refractivity contribution in [3.8, 4) is 0 Å². The molecule has 2 aliphatic rings. The summed E-state index contributed by atoms with van der Waals surface area (Å²) in [5.74, 6) is -1.47. The van der Waals surface area contributed by atoms with Crippen molar-refractivity contribution in [1.82, 2.24) is 10.6 Å². The van der Waals surface area contributed by atoms with Gasteiger partial charge in [0, 0.05) is 13.8 Å². The molecular formula is C22H38N2O16. The van der Waals surface area contributed by atoms with Crippen LogP contribution in [-0.2, 0) is 33.3 Å². The van der Waals surface area contributed by atoms with Gasteiger partial charge in [0.1, 0.15) is 79.4 Å². The summed E-state index contributed by atoms with van der Waals surface area (Å²) in [6.07, 6.45) is -20.9. The molecule has 0 spiro atoms. The predicted molar refractivity (Wildman–Crippen MR) is 126 cm³/mol. The van der Waals surface area contributed by atoms with Gasteiger partial charge in [0.15, 0.2) is 12.6 Å². The first-order valence-electron chi connectivity index (χ1n) is 12.3. The Hall–Kier alpha value is -1.91. The summed E-state index contributed by atoms with van der Waals surface area (Å²) in [7, 11) is 0. The Balaban J connectivity index is 2.39. The summed E-state index contributed by atoms with van der Waals surface area (Å²) in [4.78, 5) is 35.3. The highest BCUT2D eigenvalue weighted by atomic mass is 16.7. The van der Waals surface area contributed by atoms with Crippen LogP contribution in [0.5, 0.6) is 0 Å². The van der Waals surface area contributed by atoms with Gasteiger partial charge in [-0.05, 0) is 0 Å². The summed E-state index contributed by atoms with van der Waals surface area (Å²) >= 11 is 0. The third kappa shape index (κ3) is 8.10. The van der Waals surface area contributed by atoms with E-state index >= 15 is 0 Å². The topological polar surface area (TPSA) is 294 Å². The van der Waals surface area contributed by atoms with Crippen molar-refractivity contribution in [3.05, 3.63) is 0 Å². The van der Waals surface area contributed by atoms with E-state index in [0.717, 1.165) is 13.8 Å². The summed E-state index contributed by atoms with van der Waals surface area (Å²) in [6, 6.07) is -3.20. The number of aldehydes is 1. The fraction of sp³-hybridized carbons (Fsp3) is 0.864. The smallest absolute Gasteiger partial charge is 0.217 e. The van der Waals surface area contributed by atoms with Crippen LogP contribution >= 0.6 is 0 Å². The van der Waals surface area contributed by atoms with Crippen molar-refractivity contribution >= 4 is 18.1 Å². The van der Waals surface area contributed by atoms with Gasteiger partial charge >= 0.3 is 0 Å². The van der Waals surface area contributed by atoms with Crippen LogP contribution in [0.1, 0.15) is 13.8 Å². The van der Waals surface area contributed by atoms with Crippen LogP contribution in [0, 0.1) is 0 Å². The van der Waals surface area contributed by atoms with Gasteiger partial charge in [0.05, 0.1) is 19.8 Å². The van der Waals surface area contributed by atoms with Gasteiger partial charge in [-0.25, -0.2) is 0 Å². The molecule has 0 radical (unpaired) electrons. The fourth-order valence-electron chi connectivity index (χ4n) is 4.36. The largest absolute Gasteiger partial charge is 0.394 e. The van der Waals surface area contributed by atoms with Crippen molar-refractivity contribution in [3.63, 3.8) is 0 Å². The number of amides is 2. The molecule has 18 nitrogen and oxygen atoms in total. The minimum absolute atomic E-state index is 0.167. The monoisotopic (exact) mass is 586 g/mol. The van der Waals surface area contributed by atoms with Gasteiger partial charge in [0.25, 0.3) is 0 Å². The predicted octanol–water partition coefficient (Wildman–Crippen LogP) is -7.44. The third-order valence-corrected chi connectivity index (χ3v) is 6.44. The summed E-state index contributed by atoms with van der Waals surface area (Å²) in [5, 5.41) is 95.2. The number of aliphatic hydroxyl groups is 9. The number of carbonyl (C=O) groups is 3. The maximum Gasteiger partial charge on any atom is 0.217 e. The van der Waals surface area contributed by atoms with Crippen molar-refractivity contribution in [2.45, 2.75) is 99.6 Å². The SMILES string of the molecule is CC(=O)NC(C=O)[C@@H](O[C@@H]1O[C@H](CO)[C@@H](O[C@@H]2O[C@H](CO)[C@@H](O)[C@H](O)[C@H]2O)[C@H](O)[C@H]1NC(C)=O)[C@H](O)[C@H](O)CO. The number of hydrogen-bond donors (Lipinski definition) is 11. The standard InChI is InChI=1S/C22H38N2O16/c1-7(29)23-9(3-25)19(14(32)10(31)4-26)39-21-13(24-8(2)30)16(34)20(12(6-28)38-21)40-22-18(36)17(35)15(33)11(5-27)37-22/h3,9-22,26-28,31-36H,4-6H2,1-2H3,(H,23,29)(H,24,30)/t9?,10-,11-,12-,13-,14-,15-,16-,17+,18-,19-,20-,21+,22+/m1/s1. The highest BCUT2D eigenvalue weighted by molar-refractivity contribution is 5.77. The van der Waals surface area contributed by atoms with Crippen LogP contribution in [0.2, 0.25) is 0 Å². The molecule has 14 atom stereocenters. The number of nitrogens with one attached hydrogen (secondary N) is 2. The lowest BCUT2D eigenvalue weighted by Gasteiger charge is -2.48. The van der Waals surface area contributed by atoms with Crippen LogP contribution in [0.25, 0.3) is 0 Å². The summed E-state index contributed by atoms with van der Waals surface area (Å²) < 4.78 is 22.1. The van der Waals surface area contributed by atoms with Crippen LogP contribution < -0.4 is 10.6 Å². The fourth-order valence-corrected chi connectivity index (χ4v) is 4.36. The molecule has 0 aromatic carbocycles. The molecule has 2 amide bonds. The molecule has 0 saturated carbocycles. The van der Waals surface area contributed by atoms with Crippen LogP contribution in [0.15, 0.2) is 0 Å². The van der Waals surface area contributed by atoms with Crippen molar-refractivity contribution in [2.24, 2.45) is 0 Å². The molecule has 0 aromatic heterocycles. The normalized spacial score (nSPS) is 37.6. The molecule has 232 valence electrons. The maximum absolute atomic E-state index is 12.0. The molecule has 2 saturated heterocycles. The highest BCUT2D eigenvalue weighted by Crippen LogP contribution is 2.30. The molecule has 0 aromatic rings. The number of carbonyl (C=O) groups excluding carboxylic acids is 3. The van der Waals surface area contributed by atoms with Gasteiger partial charge in [0.2, 0.25) is 11.8 Å².